The van der Waals surface area contributed by atoms with Gasteiger partial charge in [-0.15, -0.1) is 5.06 Å². The number of fused-ring (bicyclic) bond motifs is 2. The molecule has 2 N–H and O–H groups in total. The predicted molar refractivity (Wildman–Crippen MR) is 164 cm³/mol. The van der Waals surface area contributed by atoms with Crippen molar-refractivity contribution in [3.05, 3.63) is 106 Å². The Morgan fingerprint density at radius 1 is 1.04 bits per heavy atom. The standard InChI is InChI=1S/C33H30ClF3N2O7S/c1-45-32(41)23-17-46-39(16-18-5-3-2-4-6-18)30(23)33(42)14-20-7-8-21(15-33)29(20)47(43,44)27-11-19(9-10-24(27)34)31(40)38-22-12-25(35)28(37)26(36)13-22/h2-6,9-13,17,20-21,29-30,42H,7-8,14-16H2,1H3,(H,38,40). The molecule has 3 atom stereocenters. The number of benzene rings is 3. The first-order valence-corrected chi connectivity index (χ1v) is 16.7. The molecule has 248 valence electrons. The third kappa shape index (κ3) is 6.13. The molecule has 2 bridgehead atoms. The minimum Gasteiger partial charge on any atom is -0.466 e. The van der Waals surface area contributed by atoms with Crippen molar-refractivity contribution in [2.75, 3.05) is 12.4 Å². The highest BCUT2D eigenvalue weighted by molar-refractivity contribution is 7.92. The zero-order valence-electron chi connectivity index (χ0n) is 25.0. The molecule has 1 heterocycles. The molecule has 3 unspecified atom stereocenters. The maximum Gasteiger partial charge on any atom is 0.338 e. The number of nitrogens with one attached hydrogen (secondary N) is 1. The van der Waals surface area contributed by atoms with Gasteiger partial charge in [0.1, 0.15) is 12.3 Å². The number of hydroxylamine groups is 2. The van der Waals surface area contributed by atoms with Crippen LogP contribution >= 0.6 is 11.6 Å². The molecular formula is C33H30ClF3N2O7S. The lowest BCUT2D eigenvalue weighted by molar-refractivity contribution is -0.180. The molecule has 0 radical (unpaired) electrons. The van der Waals surface area contributed by atoms with Crippen LogP contribution in [0, 0.1) is 29.3 Å². The van der Waals surface area contributed by atoms with Gasteiger partial charge in [-0.25, -0.2) is 26.4 Å². The Balaban J connectivity index is 1.26. The van der Waals surface area contributed by atoms with Gasteiger partial charge in [0.25, 0.3) is 5.91 Å². The predicted octanol–water partition coefficient (Wildman–Crippen LogP) is 5.58. The molecule has 0 spiro atoms. The lowest BCUT2D eigenvalue weighted by Crippen LogP contribution is -2.57. The molecule has 0 saturated heterocycles. The summed E-state index contributed by atoms with van der Waals surface area (Å²) in [6.07, 6.45) is 2.29. The van der Waals surface area contributed by atoms with Crippen LogP contribution in [0.2, 0.25) is 5.02 Å². The largest absolute Gasteiger partial charge is 0.466 e. The van der Waals surface area contributed by atoms with Crippen LogP contribution < -0.4 is 5.32 Å². The zero-order valence-corrected chi connectivity index (χ0v) is 26.5. The number of rotatable bonds is 8. The van der Waals surface area contributed by atoms with Gasteiger partial charge in [0.05, 0.1) is 40.0 Å². The van der Waals surface area contributed by atoms with Crippen molar-refractivity contribution in [2.24, 2.45) is 11.8 Å². The summed E-state index contributed by atoms with van der Waals surface area (Å²) in [6.45, 7) is 0.240. The van der Waals surface area contributed by atoms with Crippen LogP contribution in [0.4, 0.5) is 18.9 Å². The average Bonchev–Trinajstić information content (AvgIpc) is 3.59. The van der Waals surface area contributed by atoms with Crippen LogP contribution in [-0.4, -0.2) is 54.5 Å². The van der Waals surface area contributed by atoms with Gasteiger partial charge in [-0.05, 0) is 61.3 Å². The summed E-state index contributed by atoms with van der Waals surface area (Å²) in [5.74, 6) is -7.33. The molecule has 47 heavy (non-hydrogen) atoms. The summed E-state index contributed by atoms with van der Waals surface area (Å²) in [7, 11) is -2.96. The molecule has 3 aromatic carbocycles. The molecular weight excluding hydrogens is 661 g/mol. The molecule has 6 rings (SSSR count). The zero-order chi connectivity index (χ0) is 33.7. The van der Waals surface area contributed by atoms with Crippen molar-refractivity contribution in [3.63, 3.8) is 0 Å². The molecule has 1 aliphatic heterocycles. The van der Waals surface area contributed by atoms with Crippen molar-refractivity contribution in [1.29, 1.82) is 0 Å². The molecule has 0 aromatic heterocycles. The number of esters is 1. The summed E-state index contributed by atoms with van der Waals surface area (Å²) < 4.78 is 74.2. The van der Waals surface area contributed by atoms with Crippen LogP contribution in [0.1, 0.15) is 41.6 Å². The first-order chi connectivity index (χ1) is 22.3. The van der Waals surface area contributed by atoms with Crippen LogP contribution in [-0.2, 0) is 30.8 Å². The number of nitrogens with zero attached hydrogens (tertiary/aromatic N) is 1. The van der Waals surface area contributed by atoms with Gasteiger partial charge in [-0.1, -0.05) is 41.9 Å². The number of aliphatic hydroxyl groups is 1. The summed E-state index contributed by atoms with van der Waals surface area (Å²) in [5.41, 5.74) is -1.09. The maximum atomic E-state index is 14.2. The molecule has 1 amide bonds. The Labute approximate surface area is 273 Å². The fourth-order valence-corrected chi connectivity index (χ4v) is 10.1. The highest BCUT2D eigenvalue weighted by atomic mass is 35.5. The van der Waals surface area contributed by atoms with E-state index in [1.54, 1.807) is 0 Å². The van der Waals surface area contributed by atoms with Crippen molar-refractivity contribution >= 4 is 39.0 Å². The van der Waals surface area contributed by atoms with E-state index in [4.69, 9.17) is 21.2 Å². The van der Waals surface area contributed by atoms with E-state index in [0.717, 1.165) is 11.6 Å². The van der Waals surface area contributed by atoms with Gasteiger partial charge in [0.2, 0.25) is 0 Å². The Morgan fingerprint density at radius 3 is 2.30 bits per heavy atom. The molecule has 3 aromatic rings. The fourth-order valence-electron chi connectivity index (χ4n) is 7.27. The molecule has 9 nitrogen and oxygen atoms in total. The lowest BCUT2D eigenvalue weighted by atomic mass is 9.71. The van der Waals surface area contributed by atoms with Gasteiger partial charge < -0.3 is 20.0 Å². The van der Waals surface area contributed by atoms with E-state index in [1.165, 1.54) is 30.6 Å². The summed E-state index contributed by atoms with van der Waals surface area (Å²) in [4.78, 5) is 31.2. The van der Waals surface area contributed by atoms with Gasteiger partial charge in [0.15, 0.2) is 27.3 Å². The second kappa shape index (κ2) is 12.6. The highest BCUT2D eigenvalue weighted by Crippen LogP contribution is 2.54. The van der Waals surface area contributed by atoms with Crippen molar-refractivity contribution in [3.8, 4) is 0 Å². The minimum absolute atomic E-state index is 0.0283. The normalized spacial score (nSPS) is 25.6. The monoisotopic (exact) mass is 690 g/mol. The van der Waals surface area contributed by atoms with E-state index in [-0.39, 0.29) is 46.1 Å². The topological polar surface area (TPSA) is 122 Å². The van der Waals surface area contributed by atoms with E-state index in [0.29, 0.717) is 25.0 Å². The number of carbonyl (C=O) groups excluding carboxylic acids is 2. The number of amides is 1. The van der Waals surface area contributed by atoms with Crippen LogP contribution in [0.25, 0.3) is 0 Å². The van der Waals surface area contributed by atoms with E-state index < -0.39 is 67.9 Å². The number of methoxy groups -OCH3 is 1. The van der Waals surface area contributed by atoms with Gasteiger partial charge in [-0.3, -0.25) is 4.79 Å². The third-order valence-electron chi connectivity index (χ3n) is 9.18. The van der Waals surface area contributed by atoms with Crippen LogP contribution in [0.15, 0.2) is 77.4 Å². The molecule has 14 heteroatoms. The van der Waals surface area contributed by atoms with Crippen molar-refractivity contribution in [2.45, 2.75) is 54.0 Å². The summed E-state index contributed by atoms with van der Waals surface area (Å²) in [5, 5.41) is 14.9. The van der Waals surface area contributed by atoms with Crippen LogP contribution in [0.3, 0.4) is 0 Å². The molecule has 3 aliphatic rings. The number of sulfone groups is 1. The first kappa shape index (κ1) is 33.0. The fraction of sp³-hybridized carbons (Fsp3) is 0.333. The second-order valence-corrected chi connectivity index (χ2v) is 14.6. The van der Waals surface area contributed by atoms with Gasteiger partial charge in [0, 0.05) is 23.4 Å². The number of hydrogen-bond donors (Lipinski definition) is 2. The molecule has 2 fully saturated rings. The van der Waals surface area contributed by atoms with E-state index >= 15 is 0 Å². The smallest absolute Gasteiger partial charge is 0.338 e. The molecule has 2 aliphatic carbocycles. The Morgan fingerprint density at radius 2 is 1.68 bits per heavy atom. The number of ether oxygens (including phenoxy) is 1. The van der Waals surface area contributed by atoms with Gasteiger partial charge >= 0.3 is 5.97 Å². The third-order valence-corrected chi connectivity index (χ3v) is 12.1. The van der Waals surface area contributed by atoms with Crippen molar-refractivity contribution in [1.82, 2.24) is 5.06 Å². The Kier molecular flexibility index (Phi) is 8.85. The Bertz CT molecular complexity index is 1840. The van der Waals surface area contributed by atoms with E-state index in [1.807, 2.05) is 30.3 Å². The number of hydrogen-bond acceptors (Lipinski definition) is 8. The summed E-state index contributed by atoms with van der Waals surface area (Å²) in [6, 6.07) is 13.2. The van der Waals surface area contributed by atoms with E-state index in [9.17, 15) is 36.3 Å². The Hall–Kier alpha value is -3.91. The van der Waals surface area contributed by atoms with Gasteiger partial charge in [-0.2, -0.15) is 0 Å². The number of anilines is 1. The first-order valence-electron chi connectivity index (χ1n) is 14.8. The summed E-state index contributed by atoms with van der Waals surface area (Å²) >= 11 is 6.38. The SMILES string of the molecule is COC(=O)C1=CON(Cc2ccccc2)C1C1(O)CC2CCC(C1)C2S(=O)(=O)c1cc(C(=O)Nc2cc(F)c(F)c(F)c2)ccc1Cl. The maximum absolute atomic E-state index is 14.2. The van der Waals surface area contributed by atoms with Crippen LogP contribution in [0.5, 0.6) is 0 Å². The second-order valence-electron chi connectivity index (χ2n) is 12.1. The lowest BCUT2D eigenvalue weighted by Gasteiger charge is -2.46. The average molecular weight is 691 g/mol. The number of carbonyl (C=O) groups is 2. The van der Waals surface area contributed by atoms with E-state index in [2.05, 4.69) is 5.32 Å². The molecule has 2 saturated carbocycles. The van der Waals surface area contributed by atoms with Crippen molar-refractivity contribution < 1.29 is 45.9 Å². The number of halogens is 4. The minimum atomic E-state index is -4.19. The highest BCUT2D eigenvalue weighted by Gasteiger charge is 2.60. The quantitative estimate of drug-likeness (QED) is 0.232.